The first-order valence-corrected chi connectivity index (χ1v) is 7.97. The van der Waals surface area contributed by atoms with E-state index >= 15 is 0 Å². The van der Waals surface area contributed by atoms with E-state index in [1.807, 2.05) is 0 Å². The van der Waals surface area contributed by atoms with Gasteiger partial charge >= 0.3 is 12.6 Å². The number of amides is 1. The molecule has 0 radical (unpaired) electrons. The number of hydrogen-bond donors (Lipinski definition) is 1. The Morgan fingerprint density at radius 3 is 2.48 bits per heavy atom. The Bertz CT molecular complexity index is 784. The Hall–Kier alpha value is -3.23. The van der Waals surface area contributed by atoms with Crippen molar-refractivity contribution in [3.05, 3.63) is 53.7 Å². The zero-order chi connectivity index (χ0) is 19.8. The molecule has 7 nitrogen and oxygen atoms in total. The monoisotopic (exact) mass is 380 g/mol. The lowest BCUT2D eigenvalue weighted by molar-refractivity contribution is -0.143. The molecule has 1 aromatic heterocycles. The van der Waals surface area contributed by atoms with Gasteiger partial charge in [-0.2, -0.15) is 8.78 Å². The summed E-state index contributed by atoms with van der Waals surface area (Å²) in [6, 6.07) is 7.08. The van der Waals surface area contributed by atoms with E-state index in [1.165, 1.54) is 49.7 Å². The summed E-state index contributed by atoms with van der Waals surface area (Å²) in [6.07, 6.45) is 1.41. The van der Waals surface area contributed by atoms with Gasteiger partial charge in [0, 0.05) is 17.8 Å². The maximum atomic E-state index is 12.5. The Balaban J connectivity index is 2.20. The van der Waals surface area contributed by atoms with Crippen LogP contribution in [-0.4, -0.2) is 37.2 Å². The molecule has 1 N–H and O–H groups in total. The van der Waals surface area contributed by atoms with Gasteiger partial charge in [0.15, 0.2) is 6.04 Å². The minimum Gasteiger partial charge on any atom is -0.478 e. The Labute approximate surface area is 154 Å². The highest BCUT2D eigenvalue weighted by Crippen LogP contribution is 2.21. The number of nitrogens with one attached hydrogen (secondary N) is 1. The Morgan fingerprint density at radius 1 is 1.19 bits per heavy atom. The summed E-state index contributed by atoms with van der Waals surface area (Å²) in [5, 5.41) is 2.54. The number of methoxy groups -OCH3 is 1. The van der Waals surface area contributed by atoms with E-state index < -0.39 is 24.5 Å². The van der Waals surface area contributed by atoms with Gasteiger partial charge in [-0.15, -0.1) is 0 Å². The highest BCUT2D eigenvalue weighted by atomic mass is 19.3. The van der Waals surface area contributed by atoms with Gasteiger partial charge < -0.3 is 19.5 Å². The first-order chi connectivity index (χ1) is 12.9. The lowest BCUT2D eigenvalue weighted by Crippen LogP contribution is -2.34. The number of esters is 1. The summed E-state index contributed by atoms with van der Waals surface area (Å²) in [5.41, 5.74) is 0.580. The molecule has 1 amide bonds. The summed E-state index contributed by atoms with van der Waals surface area (Å²) in [4.78, 5) is 28.5. The van der Waals surface area contributed by atoms with E-state index in [1.54, 1.807) is 6.92 Å². The van der Waals surface area contributed by atoms with Crippen LogP contribution in [0.2, 0.25) is 0 Å². The molecule has 27 heavy (non-hydrogen) atoms. The number of pyridine rings is 1. The third kappa shape index (κ3) is 5.63. The molecule has 1 heterocycles. The van der Waals surface area contributed by atoms with Crippen LogP contribution >= 0.6 is 0 Å². The van der Waals surface area contributed by atoms with Gasteiger partial charge in [0.25, 0.3) is 5.91 Å². The highest BCUT2D eigenvalue weighted by Gasteiger charge is 2.24. The van der Waals surface area contributed by atoms with Gasteiger partial charge in [0.2, 0.25) is 5.88 Å². The van der Waals surface area contributed by atoms with Crippen molar-refractivity contribution in [3.63, 3.8) is 0 Å². The summed E-state index contributed by atoms with van der Waals surface area (Å²) in [6.45, 7) is -0.794. The second-order valence-corrected chi connectivity index (χ2v) is 5.19. The Kier molecular flexibility index (Phi) is 7.04. The van der Waals surface area contributed by atoms with Crippen molar-refractivity contribution >= 4 is 11.9 Å². The van der Waals surface area contributed by atoms with E-state index in [0.29, 0.717) is 12.2 Å². The van der Waals surface area contributed by atoms with Crippen LogP contribution in [0.1, 0.15) is 28.9 Å². The van der Waals surface area contributed by atoms with Crippen molar-refractivity contribution < 1.29 is 32.6 Å². The van der Waals surface area contributed by atoms with Gasteiger partial charge in [0.05, 0.1) is 13.7 Å². The average Bonchev–Trinajstić information content (AvgIpc) is 2.66. The molecule has 2 aromatic rings. The molecule has 144 valence electrons. The molecule has 0 aliphatic heterocycles. The number of alkyl halides is 2. The third-order valence-corrected chi connectivity index (χ3v) is 3.44. The molecule has 1 aromatic carbocycles. The number of nitrogens with zero attached hydrogens (tertiary/aromatic N) is 1. The number of aromatic nitrogens is 1. The smallest absolute Gasteiger partial charge is 0.387 e. The van der Waals surface area contributed by atoms with Crippen molar-refractivity contribution in [3.8, 4) is 11.6 Å². The summed E-state index contributed by atoms with van der Waals surface area (Å²) < 4.78 is 38.7. The maximum absolute atomic E-state index is 12.5. The van der Waals surface area contributed by atoms with Crippen LogP contribution in [0, 0.1) is 0 Å². The predicted octanol–water partition coefficient (Wildman–Crippen LogP) is 2.73. The molecule has 2 rings (SSSR count). The fraction of sp³-hybridized carbons (Fsp3) is 0.278. The molecule has 0 bridgehead atoms. The lowest BCUT2D eigenvalue weighted by Gasteiger charge is -2.17. The van der Waals surface area contributed by atoms with E-state index in [0.717, 1.165) is 0 Å². The van der Waals surface area contributed by atoms with Gasteiger partial charge in [-0.3, -0.25) is 4.79 Å². The number of rotatable bonds is 8. The van der Waals surface area contributed by atoms with E-state index in [-0.39, 0.29) is 17.2 Å². The molecule has 0 saturated carbocycles. The second kappa shape index (κ2) is 9.46. The fourth-order valence-electron chi connectivity index (χ4n) is 2.23. The standard InChI is InChI=1S/C18H18F2N2O5/c1-3-26-14-10-12(8-9-21-14)16(23)22-15(17(24)25-2)11-4-6-13(7-5-11)27-18(19)20/h4-10,15,18H,3H2,1-2H3,(H,22,23)/t15-/m0/s1. The number of benzene rings is 1. The van der Waals surface area contributed by atoms with Crippen molar-refractivity contribution in [1.82, 2.24) is 10.3 Å². The molecular formula is C18H18F2N2O5. The highest BCUT2D eigenvalue weighted by molar-refractivity contribution is 5.97. The van der Waals surface area contributed by atoms with Gasteiger partial charge in [-0.05, 0) is 30.7 Å². The van der Waals surface area contributed by atoms with Crippen LogP contribution < -0.4 is 14.8 Å². The molecule has 0 saturated heterocycles. The average molecular weight is 380 g/mol. The van der Waals surface area contributed by atoms with Crippen LogP contribution in [0.3, 0.4) is 0 Å². The summed E-state index contributed by atoms with van der Waals surface area (Å²) >= 11 is 0. The van der Waals surface area contributed by atoms with Crippen LogP contribution in [0.25, 0.3) is 0 Å². The van der Waals surface area contributed by atoms with E-state index in [2.05, 4.69) is 15.0 Å². The topological polar surface area (TPSA) is 86.8 Å². The maximum Gasteiger partial charge on any atom is 0.387 e. The summed E-state index contributed by atoms with van der Waals surface area (Å²) in [7, 11) is 1.18. The van der Waals surface area contributed by atoms with Gasteiger partial charge in [0.1, 0.15) is 5.75 Å². The molecule has 9 heteroatoms. The molecule has 0 unspecified atom stereocenters. The number of ether oxygens (including phenoxy) is 3. The minimum absolute atomic E-state index is 0.0702. The normalized spacial score (nSPS) is 11.6. The minimum atomic E-state index is -2.96. The largest absolute Gasteiger partial charge is 0.478 e. The summed E-state index contributed by atoms with van der Waals surface area (Å²) in [5.74, 6) is -1.07. The molecule has 0 aliphatic carbocycles. The van der Waals surface area contributed by atoms with Gasteiger partial charge in [-0.25, -0.2) is 9.78 Å². The van der Waals surface area contributed by atoms with Crippen molar-refractivity contribution in [2.24, 2.45) is 0 Å². The van der Waals surface area contributed by atoms with E-state index in [9.17, 15) is 18.4 Å². The molecule has 1 atom stereocenters. The quantitative estimate of drug-likeness (QED) is 0.709. The zero-order valence-corrected chi connectivity index (χ0v) is 14.6. The number of hydrogen-bond acceptors (Lipinski definition) is 6. The number of carbonyl (C=O) groups excluding carboxylic acids is 2. The molecule has 0 aliphatic rings. The fourth-order valence-corrected chi connectivity index (χ4v) is 2.23. The van der Waals surface area contributed by atoms with Gasteiger partial charge in [-0.1, -0.05) is 12.1 Å². The third-order valence-electron chi connectivity index (χ3n) is 3.44. The SMILES string of the molecule is CCOc1cc(C(=O)N[C@H](C(=O)OC)c2ccc(OC(F)F)cc2)ccn1. The number of halogens is 2. The predicted molar refractivity (Wildman–Crippen MR) is 90.7 cm³/mol. The van der Waals surface area contributed by atoms with Crippen LogP contribution in [0.15, 0.2) is 42.6 Å². The molecular weight excluding hydrogens is 362 g/mol. The zero-order valence-electron chi connectivity index (χ0n) is 14.6. The Morgan fingerprint density at radius 2 is 1.89 bits per heavy atom. The van der Waals surface area contributed by atoms with E-state index in [4.69, 9.17) is 9.47 Å². The lowest BCUT2D eigenvalue weighted by atomic mass is 10.1. The first kappa shape index (κ1) is 20.1. The second-order valence-electron chi connectivity index (χ2n) is 5.19. The van der Waals surface area contributed by atoms with Crippen molar-refractivity contribution in [2.75, 3.05) is 13.7 Å². The first-order valence-electron chi connectivity index (χ1n) is 7.97. The van der Waals surface area contributed by atoms with Crippen LogP contribution in [0.4, 0.5) is 8.78 Å². The molecule has 0 fully saturated rings. The van der Waals surface area contributed by atoms with Crippen LogP contribution in [-0.2, 0) is 9.53 Å². The van der Waals surface area contributed by atoms with Crippen molar-refractivity contribution in [1.29, 1.82) is 0 Å². The number of carbonyl (C=O) groups is 2. The van der Waals surface area contributed by atoms with Crippen molar-refractivity contribution in [2.45, 2.75) is 19.6 Å². The van der Waals surface area contributed by atoms with Crippen LogP contribution in [0.5, 0.6) is 11.6 Å². The molecule has 0 spiro atoms.